The zero-order valence-electron chi connectivity index (χ0n) is 12.9. The van der Waals surface area contributed by atoms with Crippen molar-refractivity contribution in [2.75, 3.05) is 19.6 Å². The quantitative estimate of drug-likeness (QED) is 0.781. The molecular formula is C15H31ClN2O. The summed E-state index contributed by atoms with van der Waals surface area (Å²) >= 11 is 0. The van der Waals surface area contributed by atoms with E-state index in [4.69, 9.17) is 0 Å². The summed E-state index contributed by atoms with van der Waals surface area (Å²) in [7, 11) is 0. The molecule has 2 atom stereocenters. The number of carbonyl (C=O) groups is 1. The maximum Gasteiger partial charge on any atom is 0.223 e. The van der Waals surface area contributed by atoms with Gasteiger partial charge in [-0.05, 0) is 31.2 Å². The Hall–Kier alpha value is -0.280. The molecule has 0 spiro atoms. The Morgan fingerprint density at radius 3 is 2.47 bits per heavy atom. The Morgan fingerprint density at radius 1 is 1.37 bits per heavy atom. The van der Waals surface area contributed by atoms with Crippen molar-refractivity contribution in [3.05, 3.63) is 0 Å². The van der Waals surface area contributed by atoms with E-state index >= 15 is 0 Å². The van der Waals surface area contributed by atoms with Gasteiger partial charge in [0.15, 0.2) is 0 Å². The molecule has 1 N–H and O–H groups in total. The largest absolute Gasteiger partial charge is 0.338 e. The number of halogens is 1. The average Bonchev–Trinajstić information content (AvgIpc) is 2.85. The van der Waals surface area contributed by atoms with Crippen LogP contribution in [0.5, 0.6) is 0 Å². The molecule has 0 bridgehead atoms. The third kappa shape index (κ3) is 5.70. The summed E-state index contributed by atoms with van der Waals surface area (Å²) in [6.07, 6.45) is 4.00. The lowest BCUT2D eigenvalue weighted by Crippen LogP contribution is -2.43. The van der Waals surface area contributed by atoms with Gasteiger partial charge in [0.05, 0.1) is 0 Å². The first-order valence-corrected chi connectivity index (χ1v) is 7.60. The molecule has 0 aromatic carbocycles. The van der Waals surface area contributed by atoms with E-state index in [1.165, 1.54) is 0 Å². The summed E-state index contributed by atoms with van der Waals surface area (Å²) in [5, 5.41) is 3.36. The summed E-state index contributed by atoms with van der Waals surface area (Å²) in [4.78, 5) is 14.6. The first-order chi connectivity index (χ1) is 8.60. The highest BCUT2D eigenvalue weighted by Gasteiger charge is 2.27. The van der Waals surface area contributed by atoms with Gasteiger partial charge in [-0.3, -0.25) is 4.79 Å². The molecule has 0 radical (unpaired) electrons. The summed E-state index contributed by atoms with van der Waals surface area (Å²) in [6.45, 7) is 11.7. The van der Waals surface area contributed by atoms with Crippen molar-refractivity contribution in [2.24, 2.45) is 11.8 Å². The fourth-order valence-corrected chi connectivity index (χ4v) is 2.85. The maximum absolute atomic E-state index is 12.5. The smallest absolute Gasteiger partial charge is 0.223 e. The van der Waals surface area contributed by atoms with Crippen LogP contribution in [0.3, 0.4) is 0 Å². The number of rotatable bonds is 7. The molecule has 1 fully saturated rings. The molecule has 0 aromatic heterocycles. The molecule has 1 heterocycles. The molecule has 1 saturated heterocycles. The highest BCUT2D eigenvalue weighted by molar-refractivity contribution is 5.85. The van der Waals surface area contributed by atoms with E-state index in [9.17, 15) is 4.79 Å². The highest BCUT2D eigenvalue weighted by atomic mass is 35.5. The molecule has 1 amide bonds. The molecule has 3 nitrogen and oxygen atoms in total. The van der Waals surface area contributed by atoms with Gasteiger partial charge in [0, 0.05) is 25.6 Å². The first-order valence-electron chi connectivity index (χ1n) is 7.60. The van der Waals surface area contributed by atoms with E-state index in [-0.39, 0.29) is 12.4 Å². The predicted molar refractivity (Wildman–Crippen MR) is 83.8 cm³/mol. The maximum atomic E-state index is 12.5. The third-order valence-corrected chi connectivity index (χ3v) is 4.16. The molecule has 114 valence electrons. The van der Waals surface area contributed by atoms with Crippen molar-refractivity contribution in [3.8, 4) is 0 Å². The second-order valence-corrected chi connectivity index (χ2v) is 5.85. The van der Waals surface area contributed by atoms with Gasteiger partial charge in [0.2, 0.25) is 5.91 Å². The van der Waals surface area contributed by atoms with E-state index < -0.39 is 0 Å². The summed E-state index contributed by atoms with van der Waals surface area (Å²) in [6, 6.07) is 0.433. The van der Waals surface area contributed by atoms with Gasteiger partial charge < -0.3 is 10.2 Å². The van der Waals surface area contributed by atoms with E-state index in [1.807, 2.05) is 0 Å². The van der Waals surface area contributed by atoms with Crippen LogP contribution in [-0.4, -0.2) is 36.5 Å². The number of carbonyl (C=O) groups excluding carboxylic acids is 1. The average molecular weight is 291 g/mol. The fourth-order valence-electron chi connectivity index (χ4n) is 2.85. The predicted octanol–water partition coefficient (Wildman–Crippen LogP) is 3.08. The van der Waals surface area contributed by atoms with Crippen LogP contribution in [0.2, 0.25) is 0 Å². The molecule has 0 saturated carbocycles. The molecule has 4 heteroatoms. The normalized spacial score (nSPS) is 20.2. The Balaban J connectivity index is 0.00000324. The van der Waals surface area contributed by atoms with Crippen LogP contribution < -0.4 is 5.32 Å². The molecule has 1 rings (SSSR count). The molecule has 1 aliphatic rings. The van der Waals surface area contributed by atoms with Crippen molar-refractivity contribution >= 4 is 18.3 Å². The van der Waals surface area contributed by atoms with Crippen LogP contribution >= 0.6 is 12.4 Å². The minimum Gasteiger partial charge on any atom is -0.338 e. The Labute approximate surface area is 124 Å². The summed E-state index contributed by atoms with van der Waals surface area (Å²) in [5.41, 5.74) is 0. The zero-order chi connectivity index (χ0) is 13.5. The van der Waals surface area contributed by atoms with E-state index in [0.717, 1.165) is 45.3 Å². The lowest BCUT2D eigenvalue weighted by atomic mass is 9.89. The van der Waals surface area contributed by atoms with Gasteiger partial charge in [-0.2, -0.15) is 0 Å². The van der Waals surface area contributed by atoms with Gasteiger partial charge in [-0.15, -0.1) is 12.4 Å². The number of hydrogen-bond donors (Lipinski definition) is 1. The Bertz CT molecular complexity index is 253. The molecular weight excluding hydrogens is 260 g/mol. The zero-order valence-corrected chi connectivity index (χ0v) is 13.8. The molecule has 1 aliphatic heterocycles. The van der Waals surface area contributed by atoms with Crippen LogP contribution in [0, 0.1) is 11.8 Å². The SMILES string of the molecule is CCCN(C(=O)CC(CC)C(C)C)C1CCNC1.Cl. The summed E-state index contributed by atoms with van der Waals surface area (Å²) < 4.78 is 0. The third-order valence-electron chi connectivity index (χ3n) is 4.16. The minimum atomic E-state index is 0. The second kappa shape index (κ2) is 9.60. The highest BCUT2D eigenvalue weighted by Crippen LogP contribution is 2.21. The van der Waals surface area contributed by atoms with Crippen LogP contribution in [0.4, 0.5) is 0 Å². The topological polar surface area (TPSA) is 32.3 Å². The standard InChI is InChI=1S/C15H30N2O.ClH/c1-5-9-17(14-7-8-16-11-14)15(18)10-13(6-2)12(3)4;/h12-14,16H,5-11H2,1-4H3;1H. The lowest BCUT2D eigenvalue weighted by molar-refractivity contribution is -0.134. The molecule has 0 aliphatic carbocycles. The number of nitrogens with one attached hydrogen (secondary N) is 1. The van der Waals surface area contributed by atoms with Gasteiger partial charge in [-0.1, -0.05) is 34.1 Å². The fraction of sp³-hybridized carbons (Fsp3) is 0.933. The lowest BCUT2D eigenvalue weighted by Gasteiger charge is -2.30. The van der Waals surface area contributed by atoms with Crippen LogP contribution in [0.25, 0.3) is 0 Å². The van der Waals surface area contributed by atoms with Gasteiger partial charge in [-0.25, -0.2) is 0 Å². The van der Waals surface area contributed by atoms with Crippen molar-refractivity contribution < 1.29 is 4.79 Å². The Kier molecular flexibility index (Phi) is 9.46. The monoisotopic (exact) mass is 290 g/mol. The van der Waals surface area contributed by atoms with Crippen molar-refractivity contribution in [1.82, 2.24) is 10.2 Å². The second-order valence-electron chi connectivity index (χ2n) is 5.85. The molecule has 2 unspecified atom stereocenters. The van der Waals surface area contributed by atoms with Gasteiger partial charge in [0.25, 0.3) is 0 Å². The van der Waals surface area contributed by atoms with E-state index in [0.29, 0.717) is 23.8 Å². The number of amides is 1. The molecule has 19 heavy (non-hydrogen) atoms. The number of hydrogen-bond acceptors (Lipinski definition) is 2. The van der Waals surface area contributed by atoms with Crippen molar-refractivity contribution in [3.63, 3.8) is 0 Å². The summed E-state index contributed by atoms with van der Waals surface area (Å²) in [5.74, 6) is 1.50. The van der Waals surface area contributed by atoms with Crippen molar-refractivity contribution in [1.29, 1.82) is 0 Å². The van der Waals surface area contributed by atoms with Gasteiger partial charge in [0.1, 0.15) is 0 Å². The van der Waals surface area contributed by atoms with Crippen molar-refractivity contribution in [2.45, 2.75) is 59.4 Å². The first kappa shape index (κ1) is 18.7. The number of nitrogens with zero attached hydrogens (tertiary/aromatic N) is 1. The van der Waals surface area contributed by atoms with E-state index in [1.54, 1.807) is 0 Å². The Morgan fingerprint density at radius 2 is 2.05 bits per heavy atom. The minimum absolute atomic E-state index is 0. The van der Waals surface area contributed by atoms with Gasteiger partial charge >= 0.3 is 0 Å². The molecule has 0 aromatic rings. The van der Waals surface area contributed by atoms with E-state index in [2.05, 4.69) is 37.9 Å². The van der Waals surface area contributed by atoms with Crippen LogP contribution in [0.1, 0.15) is 53.4 Å². The van der Waals surface area contributed by atoms with Crippen LogP contribution in [-0.2, 0) is 4.79 Å². The van der Waals surface area contributed by atoms with Crippen LogP contribution in [0.15, 0.2) is 0 Å².